The average Bonchev–Trinajstić information content (AvgIpc) is 2.33. The molecule has 0 bridgehead atoms. The van der Waals surface area contributed by atoms with Crippen molar-refractivity contribution < 1.29 is 14.2 Å². The third-order valence-corrected chi connectivity index (χ3v) is 3.37. The first-order valence-electron chi connectivity index (χ1n) is 5.87. The molecule has 0 aliphatic carbocycles. The summed E-state index contributed by atoms with van der Waals surface area (Å²) in [7, 11) is 4.96. The molecule has 1 fully saturated rings. The second-order valence-corrected chi connectivity index (χ2v) is 4.54. The molecule has 1 saturated heterocycles. The van der Waals surface area contributed by atoms with Crippen LogP contribution in [0.3, 0.4) is 0 Å². The van der Waals surface area contributed by atoms with Gasteiger partial charge in [-0.05, 0) is 17.7 Å². The van der Waals surface area contributed by atoms with E-state index in [1.165, 1.54) is 0 Å². The number of methoxy groups -OCH3 is 3. The molecule has 0 saturated carbocycles. The molecular weight excluding hydrogens is 232 g/mol. The van der Waals surface area contributed by atoms with Crippen molar-refractivity contribution in [2.75, 3.05) is 40.2 Å². The number of nitrogen functional groups attached to an aromatic ring is 1. The van der Waals surface area contributed by atoms with Gasteiger partial charge in [-0.1, -0.05) is 6.07 Å². The highest BCUT2D eigenvalue weighted by atomic mass is 16.7. The van der Waals surface area contributed by atoms with Gasteiger partial charge in [0.2, 0.25) is 0 Å². The lowest BCUT2D eigenvalue weighted by atomic mass is 10.1. The van der Waals surface area contributed by atoms with E-state index in [9.17, 15) is 0 Å². The minimum absolute atomic E-state index is 0.433. The maximum Gasteiger partial charge on any atom is 0.193 e. The van der Waals surface area contributed by atoms with Gasteiger partial charge in [0.15, 0.2) is 5.79 Å². The van der Waals surface area contributed by atoms with Gasteiger partial charge in [0.1, 0.15) is 5.75 Å². The fourth-order valence-electron chi connectivity index (χ4n) is 2.23. The predicted octanol–water partition coefficient (Wildman–Crippen LogP) is 1.08. The lowest BCUT2D eigenvalue weighted by molar-refractivity contribution is -0.277. The summed E-state index contributed by atoms with van der Waals surface area (Å²) >= 11 is 0. The number of likely N-dealkylation sites (tertiary alicyclic amines) is 1. The maximum absolute atomic E-state index is 5.88. The van der Waals surface area contributed by atoms with Crippen LogP contribution in [0.4, 0.5) is 5.69 Å². The van der Waals surface area contributed by atoms with Crippen LogP contribution in [0.2, 0.25) is 0 Å². The predicted molar refractivity (Wildman–Crippen MR) is 69.4 cm³/mol. The SMILES string of the molecule is COc1ccc(CN2CC(OC)(OC)C2)cc1N. The van der Waals surface area contributed by atoms with Gasteiger partial charge in [0, 0.05) is 20.8 Å². The first-order valence-corrected chi connectivity index (χ1v) is 5.87. The number of hydrogen-bond acceptors (Lipinski definition) is 5. The number of nitrogens with two attached hydrogens (primary N) is 1. The van der Waals surface area contributed by atoms with E-state index in [1.54, 1.807) is 21.3 Å². The van der Waals surface area contributed by atoms with E-state index in [0.29, 0.717) is 11.4 Å². The molecule has 0 atom stereocenters. The van der Waals surface area contributed by atoms with Gasteiger partial charge in [-0.15, -0.1) is 0 Å². The van der Waals surface area contributed by atoms with E-state index in [2.05, 4.69) is 4.90 Å². The molecule has 2 rings (SSSR count). The largest absolute Gasteiger partial charge is 0.495 e. The van der Waals surface area contributed by atoms with Crippen molar-refractivity contribution in [1.82, 2.24) is 4.90 Å². The third kappa shape index (κ3) is 2.43. The zero-order chi connectivity index (χ0) is 13.2. The molecule has 1 aliphatic heterocycles. The van der Waals surface area contributed by atoms with Crippen molar-refractivity contribution in [3.8, 4) is 5.75 Å². The van der Waals surface area contributed by atoms with E-state index in [-0.39, 0.29) is 0 Å². The van der Waals surface area contributed by atoms with Crippen LogP contribution in [0.5, 0.6) is 5.75 Å². The highest BCUT2D eigenvalue weighted by molar-refractivity contribution is 5.54. The van der Waals surface area contributed by atoms with Crippen LogP contribution in [0.1, 0.15) is 5.56 Å². The Labute approximate surface area is 107 Å². The smallest absolute Gasteiger partial charge is 0.193 e. The number of rotatable bonds is 5. The number of hydrogen-bond donors (Lipinski definition) is 1. The highest BCUT2D eigenvalue weighted by Gasteiger charge is 2.43. The summed E-state index contributed by atoms with van der Waals surface area (Å²) in [5, 5.41) is 0. The number of benzene rings is 1. The Kier molecular flexibility index (Phi) is 3.75. The Morgan fingerprint density at radius 2 is 1.89 bits per heavy atom. The van der Waals surface area contributed by atoms with Crippen LogP contribution in [0.15, 0.2) is 18.2 Å². The summed E-state index contributed by atoms with van der Waals surface area (Å²) in [5.41, 5.74) is 7.71. The molecule has 1 aliphatic rings. The highest BCUT2D eigenvalue weighted by Crippen LogP contribution is 2.28. The summed E-state index contributed by atoms with van der Waals surface area (Å²) in [4.78, 5) is 2.24. The zero-order valence-electron chi connectivity index (χ0n) is 11.1. The Hall–Kier alpha value is -1.30. The number of anilines is 1. The van der Waals surface area contributed by atoms with Crippen molar-refractivity contribution in [2.45, 2.75) is 12.3 Å². The maximum atomic E-state index is 5.88. The van der Waals surface area contributed by atoms with Gasteiger partial charge in [-0.25, -0.2) is 0 Å². The first kappa shape index (κ1) is 13.1. The van der Waals surface area contributed by atoms with Gasteiger partial charge in [-0.2, -0.15) is 0 Å². The summed E-state index contributed by atoms with van der Waals surface area (Å²) in [6.07, 6.45) is 0. The third-order valence-electron chi connectivity index (χ3n) is 3.37. The quantitative estimate of drug-likeness (QED) is 0.628. The van der Waals surface area contributed by atoms with Crippen LogP contribution in [-0.4, -0.2) is 45.1 Å². The van der Waals surface area contributed by atoms with Crippen LogP contribution >= 0.6 is 0 Å². The second-order valence-electron chi connectivity index (χ2n) is 4.54. The van der Waals surface area contributed by atoms with Crippen LogP contribution in [-0.2, 0) is 16.0 Å². The van der Waals surface area contributed by atoms with E-state index in [0.717, 1.165) is 25.2 Å². The average molecular weight is 252 g/mol. The Bertz CT molecular complexity index is 411. The molecule has 1 heterocycles. The van der Waals surface area contributed by atoms with Crippen LogP contribution in [0, 0.1) is 0 Å². The van der Waals surface area contributed by atoms with Gasteiger partial charge in [0.25, 0.3) is 0 Å². The fourth-order valence-corrected chi connectivity index (χ4v) is 2.23. The molecular formula is C13H20N2O3. The van der Waals surface area contributed by atoms with Crippen LogP contribution in [0.25, 0.3) is 0 Å². The molecule has 18 heavy (non-hydrogen) atoms. The summed E-state index contributed by atoms with van der Waals surface area (Å²) < 4.78 is 15.8. The summed E-state index contributed by atoms with van der Waals surface area (Å²) in [6.45, 7) is 2.38. The molecule has 5 nitrogen and oxygen atoms in total. The molecule has 0 unspecified atom stereocenters. The molecule has 1 aromatic rings. The lowest BCUT2D eigenvalue weighted by Gasteiger charge is -2.47. The second kappa shape index (κ2) is 5.14. The normalized spacial score (nSPS) is 18.4. The number of nitrogens with zero attached hydrogens (tertiary/aromatic N) is 1. The van der Waals surface area contributed by atoms with E-state index < -0.39 is 5.79 Å². The van der Waals surface area contributed by atoms with Crippen molar-refractivity contribution in [1.29, 1.82) is 0 Å². The van der Waals surface area contributed by atoms with Crippen molar-refractivity contribution in [3.63, 3.8) is 0 Å². The Morgan fingerprint density at radius 1 is 1.22 bits per heavy atom. The Morgan fingerprint density at radius 3 is 2.39 bits per heavy atom. The topological polar surface area (TPSA) is 57.0 Å². The van der Waals surface area contributed by atoms with E-state index >= 15 is 0 Å². The zero-order valence-corrected chi connectivity index (χ0v) is 11.1. The monoisotopic (exact) mass is 252 g/mol. The van der Waals surface area contributed by atoms with Gasteiger partial charge < -0.3 is 19.9 Å². The van der Waals surface area contributed by atoms with Gasteiger partial charge in [0.05, 0.1) is 25.9 Å². The van der Waals surface area contributed by atoms with Gasteiger partial charge >= 0.3 is 0 Å². The number of ether oxygens (including phenoxy) is 3. The standard InChI is InChI=1S/C13H20N2O3/c1-16-12-5-4-10(6-11(12)14)7-15-8-13(9-15,17-2)18-3/h4-6H,7-9,14H2,1-3H3. The van der Waals surface area contributed by atoms with Crippen molar-refractivity contribution in [3.05, 3.63) is 23.8 Å². The summed E-state index contributed by atoms with van der Waals surface area (Å²) in [6, 6.07) is 5.86. The molecule has 2 N–H and O–H groups in total. The lowest BCUT2D eigenvalue weighted by Crippen LogP contribution is -2.63. The van der Waals surface area contributed by atoms with Crippen LogP contribution < -0.4 is 10.5 Å². The first-order chi connectivity index (χ1) is 8.62. The molecule has 0 aromatic heterocycles. The van der Waals surface area contributed by atoms with E-state index in [1.807, 2.05) is 18.2 Å². The van der Waals surface area contributed by atoms with Crippen molar-refractivity contribution in [2.24, 2.45) is 0 Å². The minimum atomic E-state index is -0.433. The molecule has 100 valence electrons. The molecule has 1 aromatic carbocycles. The van der Waals surface area contributed by atoms with E-state index in [4.69, 9.17) is 19.9 Å². The molecule has 0 radical (unpaired) electrons. The molecule has 0 amide bonds. The van der Waals surface area contributed by atoms with Crippen molar-refractivity contribution >= 4 is 5.69 Å². The fraction of sp³-hybridized carbons (Fsp3) is 0.538. The molecule has 0 spiro atoms. The van der Waals surface area contributed by atoms with Gasteiger partial charge in [-0.3, -0.25) is 4.90 Å². The minimum Gasteiger partial charge on any atom is -0.495 e. The Balaban J connectivity index is 1.94. The molecule has 5 heteroatoms. The summed E-state index contributed by atoms with van der Waals surface area (Å²) in [5.74, 6) is 0.281.